The maximum absolute atomic E-state index is 12.9. The second kappa shape index (κ2) is 6.33. The van der Waals surface area contributed by atoms with Crippen molar-refractivity contribution in [1.82, 2.24) is 0 Å². The summed E-state index contributed by atoms with van der Waals surface area (Å²) in [6.07, 6.45) is -2.72. The van der Waals surface area contributed by atoms with Gasteiger partial charge < -0.3 is 5.73 Å². The van der Waals surface area contributed by atoms with Crippen molar-refractivity contribution in [3.63, 3.8) is 0 Å². The van der Waals surface area contributed by atoms with E-state index >= 15 is 0 Å². The topological polar surface area (TPSA) is 26.0 Å². The van der Waals surface area contributed by atoms with Gasteiger partial charge in [-0.05, 0) is 23.5 Å². The molecular weight excluding hydrogens is 274 g/mol. The van der Waals surface area contributed by atoms with Crippen molar-refractivity contribution >= 4 is 17.9 Å². The van der Waals surface area contributed by atoms with E-state index in [0.29, 0.717) is 17.1 Å². The van der Waals surface area contributed by atoms with E-state index in [9.17, 15) is 13.2 Å². The van der Waals surface area contributed by atoms with E-state index in [-0.39, 0.29) is 12.1 Å². The van der Waals surface area contributed by atoms with Crippen molar-refractivity contribution < 1.29 is 13.2 Å². The van der Waals surface area contributed by atoms with Gasteiger partial charge in [0, 0.05) is 5.69 Å². The Kier molecular flexibility index (Phi) is 5.40. The molecule has 1 nitrogen and oxygen atoms in total. The van der Waals surface area contributed by atoms with Crippen molar-refractivity contribution in [3.05, 3.63) is 23.8 Å². The summed E-state index contributed by atoms with van der Waals surface area (Å²) in [5, 5.41) is 0. The highest BCUT2D eigenvalue weighted by Gasteiger charge is 2.34. The zero-order valence-electron chi connectivity index (χ0n) is 13.5. The molecule has 118 valence electrons. The van der Waals surface area contributed by atoms with Crippen LogP contribution in [0.25, 0.3) is 0 Å². The maximum Gasteiger partial charge on any atom is 0.416 e. The highest BCUT2D eigenvalue weighted by Crippen LogP contribution is 2.34. The number of hydrogen-bond donors (Lipinski definition) is 1. The molecule has 5 heteroatoms. The summed E-state index contributed by atoms with van der Waals surface area (Å²) in [6.45, 7) is 10.6. The maximum atomic E-state index is 12.9. The number of nitrogen functional groups attached to an aromatic ring is 1. The molecule has 2 N–H and O–H groups in total. The van der Waals surface area contributed by atoms with Crippen LogP contribution in [-0.2, 0) is 6.18 Å². The van der Waals surface area contributed by atoms with E-state index in [2.05, 4.69) is 27.7 Å². The molecule has 0 unspecified atom stereocenters. The fourth-order valence-corrected chi connectivity index (χ4v) is 2.45. The molecule has 0 aromatic heterocycles. The molecule has 0 saturated heterocycles. The summed E-state index contributed by atoms with van der Waals surface area (Å²) < 4.78 is 38.7. The largest absolute Gasteiger partial charge is 0.416 e. The van der Waals surface area contributed by atoms with Crippen molar-refractivity contribution in [3.8, 4) is 0 Å². The molecule has 0 radical (unpaired) electrons. The monoisotopic (exact) mass is 299 g/mol. The molecule has 0 spiro atoms. The molecular formula is C16H25BF3N. The van der Waals surface area contributed by atoms with Crippen LogP contribution in [0.2, 0.25) is 12.6 Å². The molecule has 0 aliphatic heterocycles. The van der Waals surface area contributed by atoms with Gasteiger partial charge in [0.25, 0.3) is 0 Å². The second-order valence-electron chi connectivity index (χ2n) is 6.79. The average Bonchev–Trinajstić information content (AvgIpc) is 2.35. The van der Waals surface area contributed by atoms with Crippen LogP contribution in [0.4, 0.5) is 18.9 Å². The van der Waals surface area contributed by atoms with Gasteiger partial charge in [-0.3, -0.25) is 0 Å². The third-order valence-corrected chi connectivity index (χ3v) is 4.68. The lowest BCUT2D eigenvalue weighted by Crippen LogP contribution is -2.38. The van der Waals surface area contributed by atoms with E-state index in [4.69, 9.17) is 5.73 Å². The second-order valence-corrected chi connectivity index (χ2v) is 6.79. The fourth-order valence-electron chi connectivity index (χ4n) is 2.45. The summed E-state index contributed by atoms with van der Waals surface area (Å²) in [5.41, 5.74) is 6.45. The van der Waals surface area contributed by atoms with Crippen LogP contribution < -0.4 is 11.2 Å². The summed E-state index contributed by atoms with van der Waals surface area (Å²) in [4.78, 5) is 0. The quantitative estimate of drug-likeness (QED) is 0.619. The zero-order valence-corrected chi connectivity index (χ0v) is 13.5. The predicted molar refractivity (Wildman–Crippen MR) is 85.2 cm³/mol. The Hall–Kier alpha value is -1.13. The third-order valence-electron chi connectivity index (χ3n) is 4.68. The number of nitrogens with two attached hydrogens (primary N) is 1. The standard InChI is InChI=1S/C16H25BF3N/c1-6-17(10-15(4,5)11(2)3)13-9-12(16(18,19)20)7-8-14(13)21/h7-9,11H,6,10,21H2,1-5H3. The minimum absolute atomic E-state index is 0.0460. The average molecular weight is 299 g/mol. The first-order chi connectivity index (χ1) is 9.49. The normalized spacial score (nSPS) is 12.8. The van der Waals surface area contributed by atoms with Crippen molar-refractivity contribution in [2.75, 3.05) is 5.73 Å². The number of benzene rings is 1. The van der Waals surface area contributed by atoms with Crippen LogP contribution in [0.3, 0.4) is 0 Å². The summed E-state index contributed by atoms with van der Waals surface area (Å²) >= 11 is 0. The molecule has 1 aromatic rings. The van der Waals surface area contributed by atoms with Crippen LogP contribution in [0, 0.1) is 11.3 Å². The van der Waals surface area contributed by atoms with Crippen LogP contribution in [-0.4, -0.2) is 6.71 Å². The van der Waals surface area contributed by atoms with Crippen molar-refractivity contribution in [1.29, 1.82) is 0 Å². The lowest BCUT2D eigenvalue weighted by molar-refractivity contribution is -0.137. The van der Waals surface area contributed by atoms with Crippen molar-refractivity contribution in [2.24, 2.45) is 11.3 Å². The molecule has 0 amide bonds. The molecule has 0 bridgehead atoms. The number of alkyl halides is 3. The number of halogens is 3. The van der Waals surface area contributed by atoms with E-state index in [1.807, 2.05) is 6.92 Å². The lowest BCUT2D eigenvalue weighted by Gasteiger charge is -2.32. The lowest BCUT2D eigenvalue weighted by atomic mass is 9.36. The molecule has 0 aliphatic carbocycles. The molecule has 0 saturated carbocycles. The van der Waals surface area contributed by atoms with Crippen LogP contribution in [0.5, 0.6) is 0 Å². The first-order valence-electron chi connectivity index (χ1n) is 7.45. The van der Waals surface area contributed by atoms with Gasteiger partial charge in [0.1, 0.15) is 0 Å². The number of anilines is 1. The highest BCUT2D eigenvalue weighted by atomic mass is 19.4. The Morgan fingerprint density at radius 1 is 1.19 bits per heavy atom. The van der Waals surface area contributed by atoms with Gasteiger partial charge in [-0.2, -0.15) is 13.2 Å². The Morgan fingerprint density at radius 2 is 1.76 bits per heavy atom. The van der Waals surface area contributed by atoms with Gasteiger partial charge in [0.15, 0.2) is 6.71 Å². The van der Waals surface area contributed by atoms with E-state index in [0.717, 1.165) is 18.7 Å². The van der Waals surface area contributed by atoms with Gasteiger partial charge in [-0.1, -0.05) is 58.8 Å². The van der Waals surface area contributed by atoms with Crippen LogP contribution >= 0.6 is 0 Å². The van der Waals surface area contributed by atoms with Crippen molar-refractivity contribution in [2.45, 2.75) is 53.4 Å². The Labute approximate surface area is 126 Å². The first kappa shape index (κ1) is 17.9. The van der Waals surface area contributed by atoms with Gasteiger partial charge >= 0.3 is 6.18 Å². The summed E-state index contributed by atoms with van der Waals surface area (Å²) in [7, 11) is 0. The molecule has 0 heterocycles. The van der Waals surface area contributed by atoms with Gasteiger partial charge in [-0.25, -0.2) is 0 Å². The minimum atomic E-state index is -4.33. The highest BCUT2D eigenvalue weighted by molar-refractivity contribution is 6.74. The van der Waals surface area contributed by atoms with Crippen LogP contribution in [0.1, 0.15) is 40.2 Å². The SMILES string of the molecule is CCB(CC(C)(C)C(C)C)c1cc(C(F)(F)F)ccc1N. The van der Waals surface area contributed by atoms with Crippen LogP contribution in [0.15, 0.2) is 18.2 Å². The molecule has 0 fully saturated rings. The molecule has 1 rings (SSSR count). The Balaban J connectivity index is 3.17. The van der Waals surface area contributed by atoms with Gasteiger partial charge in [0.2, 0.25) is 0 Å². The Morgan fingerprint density at radius 3 is 2.19 bits per heavy atom. The Bertz CT molecular complexity index is 481. The molecule has 21 heavy (non-hydrogen) atoms. The number of rotatable bonds is 5. The predicted octanol–water partition coefficient (Wildman–Crippen LogP) is 4.69. The summed E-state index contributed by atoms with van der Waals surface area (Å²) in [6, 6.07) is 3.65. The van der Waals surface area contributed by atoms with E-state index in [1.165, 1.54) is 12.1 Å². The zero-order chi connectivity index (χ0) is 16.4. The van der Waals surface area contributed by atoms with E-state index in [1.54, 1.807) is 0 Å². The third kappa shape index (κ3) is 4.42. The molecule has 0 atom stereocenters. The summed E-state index contributed by atoms with van der Waals surface area (Å²) in [5.74, 6) is 0.457. The van der Waals surface area contributed by atoms with Gasteiger partial charge in [-0.15, -0.1) is 0 Å². The minimum Gasteiger partial charge on any atom is -0.399 e. The van der Waals surface area contributed by atoms with E-state index < -0.39 is 11.7 Å². The smallest absolute Gasteiger partial charge is 0.399 e. The molecule has 1 aromatic carbocycles. The number of hydrogen-bond acceptors (Lipinski definition) is 1. The first-order valence-corrected chi connectivity index (χ1v) is 7.45. The fraction of sp³-hybridized carbons (Fsp3) is 0.625. The molecule has 0 aliphatic rings. The van der Waals surface area contributed by atoms with Gasteiger partial charge in [0.05, 0.1) is 5.56 Å².